The van der Waals surface area contributed by atoms with Crippen LogP contribution in [0.1, 0.15) is 24.0 Å². The number of aromatic hydroxyl groups is 1. The Hall–Kier alpha value is -2.24. The molecule has 4 rings (SSSR count). The van der Waals surface area contributed by atoms with E-state index in [1.807, 2.05) is 29.2 Å². The van der Waals surface area contributed by atoms with Crippen molar-refractivity contribution in [1.29, 1.82) is 0 Å². The van der Waals surface area contributed by atoms with Crippen LogP contribution in [0, 0.1) is 6.92 Å². The molecule has 27 heavy (non-hydrogen) atoms. The summed E-state index contributed by atoms with van der Waals surface area (Å²) in [7, 11) is 0. The molecule has 0 aromatic heterocycles. The Kier molecular flexibility index (Phi) is 5.92. The molecule has 1 amide bonds. The number of nitrogens with one attached hydrogen (secondary N) is 1. The molecule has 2 aromatic rings. The number of benzene rings is 2. The number of phenols is 1. The molecular formula is C21H25ClN2O3. The van der Waals surface area contributed by atoms with E-state index in [0.29, 0.717) is 25.4 Å². The Labute approximate surface area is 165 Å². The number of aryl methyl sites for hydroxylation is 1. The average Bonchev–Trinajstić information content (AvgIpc) is 3.08. The van der Waals surface area contributed by atoms with Crippen LogP contribution >= 0.6 is 12.4 Å². The van der Waals surface area contributed by atoms with E-state index in [1.165, 1.54) is 0 Å². The van der Waals surface area contributed by atoms with E-state index in [9.17, 15) is 9.90 Å². The maximum Gasteiger partial charge on any atom is 0.240 e. The molecule has 2 aliphatic heterocycles. The molecular weight excluding hydrogens is 364 g/mol. The van der Waals surface area contributed by atoms with Gasteiger partial charge in [-0.2, -0.15) is 0 Å². The van der Waals surface area contributed by atoms with Gasteiger partial charge in [0.05, 0.1) is 12.6 Å². The molecule has 0 radical (unpaired) electrons. The van der Waals surface area contributed by atoms with Crippen molar-refractivity contribution in [3.63, 3.8) is 0 Å². The summed E-state index contributed by atoms with van der Waals surface area (Å²) in [4.78, 5) is 14.6. The van der Waals surface area contributed by atoms with E-state index in [-0.39, 0.29) is 30.1 Å². The van der Waals surface area contributed by atoms with Crippen molar-refractivity contribution in [2.45, 2.75) is 32.4 Å². The Morgan fingerprint density at radius 3 is 2.85 bits per heavy atom. The minimum absolute atomic E-state index is 0. The average molecular weight is 389 g/mol. The Morgan fingerprint density at radius 1 is 1.30 bits per heavy atom. The SMILES string of the molecule is Cc1ccccc1-c1cc(O)c2c(c1)CN(C(=O)[C@H]1CCCN1)CCO2.Cl. The molecule has 2 aromatic carbocycles. The van der Waals surface area contributed by atoms with Crippen molar-refractivity contribution in [3.8, 4) is 22.6 Å². The minimum atomic E-state index is -0.0929. The molecule has 0 spiro atoms. The summed E-state index contributed by atoms with van der Waals surface area (Å²) in [6.45, 7) is 4.33. The molecule has 0 unspecified atom stereocenters. The van der Waals surface area contributed by atoms with Crippen LogP contribution in [0.15, 0.2) is 36.4 Å². The van der Waals surface area contributed by atoms with E-state index in [4.69, 9.17) is 4.74 Å². The summed E-state index contributed by atoms with van der Waals surface area (Å²) in [5.74, 6) is 0.755. The van der Waals surface area contributed by atoms with Crippen LogP contribution in [-0.2, 0) is 11.3 Å². The third-order valence-electron chi connectivity index (χ3n) is 5.24. The molecule has 2 aliphatic rings. The molecule has 6 heteroatoms. The smallest absolute Gasteiger partial charge is 0.240 e. The number of carbonyl (C=O) groups is 1. The molecule has 1 atom stereocenters. The maximum atomic E-state index is 12.8. The third-order valence-corrected chi connectivity index (χ3v) is 5.24. The molecule has 2 heterocycles. The Bertz CT molecular complexity index is 834. The van der Waals surface area contributed by atoms with E-state index in [2.05, 4.69) is 18.3 Å². The molecule has 1 saturated heterocycles. The van der Waals surface area contributed by atoms with E-state index < -0.39 is 0 Å². The van der Waals surface area contributed by atoms with Crippen molar-refractivity contribution in [2.24, 2.45) is 0 Å². The van der Waals surface area contributed by atoms with Gasteiger partial charge in [-0.15, -0.1) is 12.4 Å². The lowest BCUT2D eigenvalue weighted by molar-refractivity contribution is -0.133. The highest BCUT2D eigenvalue weighted by Gasteiger charge is 2.29. The van der Waals surface area contributed by atoms with Crippen molar-refractivity contribution in [1.82, 2.24) is 10.2 Å². The van der Waals surface area contributed by atoms with Crippen molar-refractivity contribution in [3.05, 3.63) is 47.5 Å². The van der Waals surface area contributed by atoms with Crippen LogP contribution in [0.2, 0.25) is 0 Å². The summed E-state index contributed by atoms with van der Waals surface area (Å²) in [6, 6.07) is 11.8. The van der Waals surface area contributed by atoms with Crippen LogP contribution in [0.5, 0.6) is 11.5 Å². The number of nitrogens with zero attached hydrogens (tertiary/aromatic N) is 1. The molecule has 0 bridgehead atoms. The van der Waals surface area contributed by atoms with Gasteiger partial charge < -0.3 is 20.1 Å². The quantitative estimate of drug-likeness (QED) is 0.828. The molecule has 0 aliphatic carbocycles. The van der Waals surface area contributed by atoms with Gasteiger partial charge in [0, 0.05) is 12.1 Å². The van der Waals surface area contributed by atoms with Crippen molar-refractivity contribution < 1.29 is 14.6 Å². The summed E-state index contributed by atoms with van der Waals surface area (Å²) in [5, 5.41) is 13.8. The number of carbonyl (C=O) groups excluding carboxylic acids is 1. The normalized spacial score (nSPS) is 18.9. The zero-order chi connectivity index (χ0) is 18.1. The topological polar surface area (TPSA) is 61.8 Å². The van der Waals surface area contributed by atoms with Crippen LogP contribution in [0.3, 0.4) is 0 Å². The number of phenolic OH excluding ortho intramolecular Hbond substituents is 1. The highest BCUT2D eigenvalue weighted by Crippen LogP contribution is 2.38. The van der Waals surface area contributed by atoms with E-state index in [1.54, 1.807) is 6.07 Å². The standard InChI is InChI=1S/C21H24N2O3.ClH/c1-14-5-2-3-6-17(14)15-11-16-13-23(21(25)18-7-4-8-22-18)9-10-26-20(16)19(24)12-15;/h2-3,5-6,11-12,18,22,24H,4,7-10,13H2,1H3;1H/t18-;/m1./s1. The Balaban J connectivity index is 0.00000210. The zero-order valence-electron chi connectivity index (χ0n) is 15.4. The van der Waals surface area contributed by atoms with E-state index >= 15 is 0 Å². The number of hydrogen-bond acceptors (Lipinski definition) is 4. The fourth-order valence-electron chi connectivity index (χ4n) is 3.86. The summed E-state index contributed by atoms with van der Waals surface area (Å²) in [6.07, 6.45) is 1.92. The van der Waals surface area contributed by atoms with Crippen LogP contribution < -0.4 is 10.1 Å². The lowest BCUT2D eigenvalue weighted by Gasteiger charge is -2.23. The maximum absolute atomic E-state index is 12.8. The lowest BCUT2D eigenvalue weighted by atomic mass is 9.97. The molecule has 1 fully saturated rings. The summed E-state index contributed by atoms with van der Waals surface area (Å²) >= 11 is 0. The van der Waals surface area contributed by atoms with Gasteiger partial charge >= 0.3 is 0 Å². The number of halogens is 1. The fraction of sp³-hybridized carbons (Fsp3) is 0.381. The van der Waals surface area contributed by atoms with E-state index in [0.717, 1.165) is 41.6 Å². The van der Waals surface area contributed by atoms with Crippen molar-refractivity contribution in [2.75, 3.05) is 19.7 Å². The van der Waals surface area contributed by atoms with Crippen LogP contribution in [0.4, 0.5) is 0 Å². The first-order valence-corrected chi connectivity index (χ1v) is 9.20. The van der Waals surface area contributed by atoms with Crippen LogP contribution in [-0.4, -0.2) is 41.7 Å². The first kappa shape index (κ1) is 19.5. The third kappa shape index (κ3) is 3.89. The van der Waals surface area contributed by atoms with Crippen molar-refractivity contribution >= 4 is 18.3 Å². The number of amides is 1. The van der Waals surface area contributed by atoms with Gasteiger partial charge in [0.1, 0.15) is 6.61 Å². The van der Waals surface area contributed by atoms with Gasteiger partial charge in [-0.3, -0.25) is 4.79 Å². The predicted octanol–water partition coefficient (Wildman–Crippen LogP) is 3.26. The minimum Gasteiger partial charge on any atom is -0.504 e. The highest BCUT2D eigenvalue weighted by atomic mass is 35.5. The second kappa shape index (κ2) is 8.19. The van der Waals surface area contributed by atoms with Gasteiger partial charge in [-0.05, 0) is 55.1 Å². The molecule has 144 valence electrons. The van der Waals surface area contributed by atoms with Gasteiger partial charge in [0.25, 0.3) is 0 Å². The molecule has 5 nitrogen and oxygen atoms in total. The predicted molar refractivity (Wildman–Crippen MR) is 107 cm³/mol. The zero-order valence-corrected chi connectivity index (χ0v) is 16.2. The monoisotopic (exact) mass is 388 g/mol. The lowest BCUT2D eigenvalue weighted by Crippen LogP contribution is -2.44. The largest absolute Gasteiger partial charge is 0.504 e. The first-order chi connectivity index (χ1) is 12.6. The Morgan fingerprint density at radius 2 is 2.11 bits per heavy atom. The number of rotatable bonds is 2. The number of hydrogen-bond donors (Lipinski definition) is 2. The van der Waals surface area contributed by atoms with Crippen LogP contribution in [0.25, 0.3) is 11.1 Å². The van der Waals surface area contributed by atoms with Gasteiger partial charge in [-0.25, -0.2) is 0 Å². The fourth-order valence-corrected chi connectivity index (χ4v) is 3.86. The summed E-state index contributed by atoms with van der Waals surface area (Å²) < 4.78 is 5.78. The van der Waals surface area contributed by atoms with Gasteiger partial charge in [-0.1, -0.05) is 24.3 Å². The first-order valence-electron chi connectivity index (χ1n) is 9.20. The molecule has 2 N–H and O–H groups in total. The second-order valence-corrected chi connectivity index (χ2v) is 7.06. The number of ether oxygens (including phenoxy) is 1. The van der Waals surface area contributed by atoms with Gasteiger partial charge in [0.15, 0.2) is 11.5 Å². The number of fused-ring (bicyclic) bond motifs is 1. The van der Waals surface area contributed by atoms with Gasteiger partial charge in [0.2, 0.25) is 5.91 Å². The highest BCUT2D eigenvalue weighted by molar-refractivity contribution is 5.85. The molecule has 0 saturated carbocycles. The summed E-state index contributed by atoms with van der Waals surface area (Å²) in [5.41, 5.74) is 4.01. The second-order valence-electron chi connectivity index (χ2n) is 7.06.